The quantitative estimate of drug-likeness (QED) is 0.303. The largest absolute Gasteiger partial charge is 0.361 e. The van der Waals surface area contributed by atoms with Gasteiger partial charge in [0.05, 0.1) is 28.5 Å². The van der Waals surface area contributed by atoms with E-state index in [1.807, 2.05) is 32.0 Å². The summed E-state index contributed by atoms with van der Waals surface area (Å²) in [5, 5.41) is 4.06. The van der Waals surface area contributed by atoms with Crippen LogP contribution in [-0.4, -0.2) is 41.2 Å². The van der Waals surface area contributed by atoms with Crippen LogP contribution in [-0.2, 0) is 4.79 Å². The molecule has 38 heavy (non-hydrogen) atoms. The molecule has 4 heterocycles. The van der Waals surface area contributed by atoms with E-state index in [1.54, 1.807) is 0 Å². The second-order valence-corrected chi connectivity index (χ2v) is 12.6. The zero-order valence-corrected chi connectivity index (χ0v) is 21.8. The van der Waals surface area contributed by atoms with E-state index >= 15 is 0 Å². The Morgan fingerprint density at radius 1 is 1.03 bits per heavy atom. The monoisotopic (exact) mass is 542 g/mol. The molecule has 0 saturated carbocycles. The summed E-state index contributed by atoms with van der Waals surface area (Å²) < 4.78 is 56.2. The summed E-state index contributed by atoms with van der Waals surface area (Å²) >= 11 is 0. The first-order valence-corrected chi connectivity index (χ1v) is 14.5. The molecular formula is C27H28F2N4O4S. The van der Waals surface area contributed by atoms with E-state index in [0.717, 1.165) is 40.5 Å². The third kappa shape index (κ3) is 4.28. The topological polar surface area (TPSA) is 105 Å². The van der Waals surface area contributed by atoms with Crippen molar-refractivity contribution in [3.63, 3.8) is 0 Å². The fourth-order valence-corrected chi connectivity index (χ4v) is 7.37. The van der Waals surface area contributed by atoms with Gasteiger partial charge in [-0.2, -0.15) is 10.6 Å². The zero-order valence-electron chi connectivity index (χ0n) is 21.0. The minimum atomic E-state index is -2.61. The highest BCUT2D eigenvalue weighted by molar-refractivity contribution is 8.24. The third-order valence-electron chi connectivity index (χ3n) is 7.60. The van der Waals surface area contributed by atoms with Gasteiger partial charge in [-0.15, -0.1) is 0 Å². The van der Waals surface area contributed by atoms with Gasteiger partial charge in [-0.3, -0.25) is 13.9 Å². The van der Waals surface area contributed by atoms with Gasteiger partial charge in [0.2, 0.25) is 5.91 Å². The van der Waals surface area contributed by atoms with Crippen LogP contribution in [0.3, 0.4) is 0 Å². The van der Waals surface area contributed by atoms with Gasteiger partial charge < -0.3 is 14.0 Å². The number of aromatic nitrogens is 3. The molecule has 200 valence electrons. The first-order chi connectivity index (χ1) is 18.1. The summed E-state index contributed by atoms with van der Waals surface area (Å²) in [6, 6.07) is 8.43. The van der Waals surface area contributed by atoms with E-state index in [2.05, 4.69) is 9.72 Å². The van der Waals surface area contributed by atoms with Gasteiger partial charge in [0.1, 0.15) is 23.2 Å². The zero-order chi connectivity index (χ0) is 26.8. The van der Waals surface area contributed by atoms with E-state index in [4.69, 9.17) is 9.51 Å². The lowest BCUT2D eigenvalue weighted by atomic mass is 10.0. The van der Waals surface area contributed by atoms with Crippen molar-refractivity contribution in [1.29, 1.82) is 0 Å². The van der Waals surface area contributed by atoms with Crippen LogP contribution in [0.2, 0.25) is 0 Å². The highest BCUT2D eigenvalue weighted by Crippen LogP contribution is 2.49. The van der Waals surface area contributed by atoms with E-state index in [1.165, 1.54) is 4.90 Å². The van der Waals surface area contributed by atoms with Crippen molar-refractivity contribution in [3.05, 3.63) is 65.3 Å². The molecule has 2 aromatic carbocycles. The molecule has 0 radical (unpaired) electrons. The summed E-state index contributed by atoms with van der Waals surface area (Å²) in [5.41, 5.74) is 4.27. The van der Waals surface area contributed by atoms with Gasteiger partial charge >= 0.3 is 0 Å². The maximum atomic E-state index is 14.1. The molecule has 2 aliphatic heterocycles. The third-order valence-corrected chi connectivity index (χ3v) is 9.37. The van der Waals surface area contributed by atoms with Crippen LogP contribution in [0.25, 0.3) is 22.2 Å². The lowest BCUT2D eigenvalue weighted by Gasteiger charge is -2.40. The predicted octanol–water partition coefficient (Wildman–Crippen LogP) is 6.54. The normalized spacial score (nSPS) is 20.9. The molecule has 1 atom stereocenters. The molecule has 0 aliphatic carbocycles. The minimum absolute atomic E-state index is 0.0679. The second kappa shape index (κ2) is 9.18. The first-order valence-electron chi connectivity index (χ1n) is 12.6. The molecule has 1 amide bonds. The lowest BCUT2D eigenvalue weighted by molar-refractivity contribution is -0.117. The molecule has 0 unspecified atom stereocenters. The van der Waals surface area contributed by atoms with Crippen LogP contribution in [0, 0.1) is 25.5 Å². The van der Waals surface area contributed by atoms with E-state index < -0.39 is 28.3 Å². The molecule has 11 heteroatoms. The number of carbonyl (C=O) groups excluding carboxylic acids is 1. The van der Waals surface area contributed by atoms with Crippen LogP contribution < -0.4 is 4.90 Å². The van der Waals surface area contributed by atoms with Crippen molar-refractivity contribution >= 4 is 33.2 Å². The molecule has 2 aliphatic rings. The number of rotatable bonds is 4. The Balaban J connectivity index is 1.51. The van der Waals surface area contributed by atoms with Gasteiger partial charge in [-0.1, -0.05) is 11.2 Å². The van der Waals surface area contributed by atoms with Crippen molar-refractivity contribution in [2.24, 2.45) is 0 Å². The van der Waals surface area contributed by atoms with Crippen molar-refractivity contribution in [2.45, 2.75) is 51.6 Å². The molecule has 2 fully saturated rings. The number of fused-ring (bicyclic) bond motifs is 1. The summed E-state index contributed by atoms with van der Waals surface area (Å²) in [5.74, 6) is 0.150. The maximum Gasteiger partial charge on any atom is 0.227 e. The molecule has 8 nitrogen and oxygen atoms in total. The molecule has 2 N–H and O–H groups in total. The number of hydrogen-bond acceptors (Lipinski definition) is 6. The lowest BCUT2D eigenvalue weighted by Crippen LogP contribution is -2.31. The molecule has 0 bridgehead atoms. The van der Waals surface area contributed by atoms with Crippen molar-refractivity contribution < 1.29 is 27.2 Å². The van der Waals surface area contributed by atoms with Gasteiger partial charge in [-0.25, -0.2) is 13.8 Å². The van der Waals surface area contributed by atoms with Gasteiger partial charge in [0, 0.05) is 35.6 Å². The first kappa shape index (κ1) is 25.0. The second-order valence-electron chi connectivity index (χ2n) is 10.1. The standard InChI is InChI=1S/C27H28F2N4O4S/c1-15-26(16(2)37-31-15)17-3-4-23-22(11-17)30-27(33(23)20-7-9-38(35,36)10-8-20)24-5-6-25(34)32(24)21-13-18(28)12-19(29)14-21/h3-4,11-14,20,24,35-36H,5-10H2,1-2H3/t24-/m0/s1. The Morgan fingerprint density at radius 3 is 2.39 bits per heavy atom. The average Bonchev–Trinajstić information content (AvgIpc) is 3.52. The summed E-state index contributed by atoms with van der Waals surface area (Å²) in [4.78, 5) is 19.5. The fraction of sp³-hybridized carbons (Fsp3) is 0.370. The summed E-state index contributed by atoms with van der Waals surface area (Å²) in [7, 11) is -2.61. The molecular weight excluding hydrogens is 514 g/mol. The average molecular weight is 543 g/mol. The molecule has 6 rings (SSSR count). The molecule has 0 spiro atoms. The number of amides is 1. The fourth-order valence-electron chi connectivity index (χ4n) is 5.87. The number of benzene rings is 2. The van der Waals surface area contributed by atoms with Crippen LogP contribution in [0.15, 0.2) is 40.9 Å². The Hall–Kier alpha value is -3.28. The molecule has 4 aromatic rings. The van der Waals surface area contributed by atoms with Crippen LogP contribution in [0.4, 0.5) is 14.5 Å². The number of carbonyl (C=O) groups is 1. The molecule has 2 aromatic heterocycles. The minimum Gasteiger partial charge on any atom is -0.361 e. The SMILES string of the molecule is Cc1noc(C)c1-c1ccc2c(c1)nc([C@@H]1CCC(=O)N1c1cc(F)cc(F)c1)n2C1CCS(O)(O)CC1. The Morgan fingerprint density at radius 2 is 1.74 bits per heavy atom. The number of imidazole rings is 1. The van der Waals surface area contributed by atoms with Crippen LogP contribution in [0.5, 0.6) is 0 Å². The van der Waals surface area contributed by atoms with Crippen molar-refractivity contribution in [1.82, 2.24) is 14.7 Å². The van der Waals surface area contributed by atoms with E-state index in [0.29, 0.717) is 36.4 Å². The Labute approximate surface area is 219 Å². The highest BCUT2D eigenvalue weighted by Gasteiger charge is 2.39. The van der Waals surface area contributed by atoms with Crippen LogP contribution >= 0.6 is 10.6 Å². The molecule has 2 saturated heterocycles. The van der Waals surface area contributed by atoms with E-state index in [9.17, 15) is 22.7 Å². The van der Waals surface area contributed by atoms with Gasteiger partial charge in [-0.05, 0) is 62.9 Å². The number of nitrogens with zero attached hydrogens (tertiary/aromatic N) is 4. The number of aryl methyl sites for hydroxylation is 2. The maximum absolute atomic E-state index is 14.1. The van der Waals surface area contributed by atoms with Crippen molar-refractivity contribution in [3.8, 4) is 11.1 Å². The Kier molecular flexibility index (Phi) is 6.04. The summed E-state index contributed by atoms with van der Waals surface area (Å²) in [6.45, 7) is 3.73. The van der Waals surface area contributed by atoms with E-state index in [-0.39, 0.29) is 35.6 Å². The van der Waals surface area contributed by atoms with Crippen LogP contribution in [0.1, 0.15) is 55.0 Å². The van der Waals surface area contributed by atoms with Gasteiger partial charge in [0.25, 0.3) is 0 Å². The van der Waals surface area contributed by atoms with Crippen molar-refractivity contribution in [2.75, 3.05) is 16.4 Å². The smallest absolute Gasteiger partial charge is 0.227 e. The number of halogens is 2. The highest BCUT2D eigenvalue weighted by atomic mass is 32.3. The predicted molar refractivity (Wildman–Crippen MR) is 141 cm³/mol. The number of hydrogen-bond donors (Lipinski definition) is 2. The summed E-state index contributed by atoms with van der Waals surface area (Å²) in [6.07, 6.45) is 1.75. The Bertz CT molecular complexity index is 1520. The van der Waals surface area contributed by atoms with Gasteiger partial charge in [0.15, 0.2) is 0 Å². The number of anilines is 1.